The summed E-state index contributed by atoms with van der Waals surface area (Å²) in [4.78, 5) is 23.0. The van der Waals surface area contributed by atoms with E-state index < -0.39 is 22.1 Å². The molecule has 1 aliphatic carbocycles. The van der Waals surface area contributed by atoms with Crippen molar-refractivity contribution in [1.82, 2.24) is 0 Å². The fourth-order valence-corrected chi connectivity index (χ4v) is 4.07. The van der Waals surface area contributed by atoms with Crippen LogP contribution in [-0.4, -0.2) is 32.0 Å². The molecule has 144 valence electrons. The predicted octanol–water partition coefficient (Wildman–Crippen LogP) is 3.15. The summed E-state index contributed by atoms with van der Waals surface area (Å²) in [7, 11) is -3.14. The van der Waals surface area contributed by atoms with Gasteiger partial charge in [0.15, 0.2) is 0 Å². The highest BCUT2D eigenvalue weighted by Crippen LogP contribution is 2.39. The molecule has 0 spiro atoms. The standard InChI is InChI=1S/C18H24O7S/c1-12-10-16(26(21,22)23)14(13-6-4-3-5-7-13)11-15(12)25-18(20)9-8-17(19)24-2/h10-11,13H,3-9H2,1-2H3,(H,21,22,23). The largest absolute Gasteiger partial charge is 0.469 e. The highest BCUT2D eigenvalue weighted by atomic mass is 32.2. The minimum absolute atomic E-state index is 0.00574. The Hall–Kier alpha value is -1.93. The molecule has 1 N–H and O–H groups in total. The first kappa shape index (κ1) is 20.4. The summed E-state index contributed by atoms with van der Waals surface area (Å²) in [5.74, 6) is -0.877. The Labute approximate surface area is 153 Å². The molecular formula is C18H24O7S. The number of esters is 2. The molecular weight excluding hydrogens is 360 g/mol. The third-order valence-electron chi connectivity index (χ3n) is 4.61. The van der Waals surface area contributed by atoms with Crippen LogP contribution in [0, 0.1) is 6.92 Å². The van der Waals surface area contributed by atoms with Crippen LogP contribution in [0.1, 0.15) is 62.0 Å². The maximum absolute atomic E-state index is 12.0. The van der Waals surface area contributed by atoms with E-state index in [0.717, 1.165) is 32.1 Å². The average molecular weight is 384 g/mol. The van der Waals surface area contributed by atoms with Gasteiger partial charge in [-0.1, -0.05) is 19.3 Å². The average Bonchev–Trinajstić information content (AvgIpc) is 2.61. The van der Waals surface area contributed by atoms with Crippen molar-refractivity contribution in [1.29, 1.82) is 0 Å². The molecule has 0 atom stereocenters. The lowest BCUT2D eigenvalue weighted by Crippen LogP contribution is -2.15. The van der Waals surface area contributed by atoms with Crippen molar-refractivity contribution in [3.8, 4) is 5.75 Å². The van der Waals surface area contributed by atoms with Crippen LogP contribution in [0.15, 0.2) is 17.0 Å². The van der Waals surface area contributed by atoms with Crippen LogP contribution >= 0.6 is 0 Å². The van der Waals surface area contributed by atoms with Gasteiger partial charge < -0.3 is 9.47 Å². The number of methoxy groups -OCH3 is 1. The molecule has 1 fully saturated rings. The molecule has 1 aromatic rings. The van der Waals surface area contributed by atoms with Crippen LogP contribution in [0.3, 0.4) is 0 Å². The van der Waals surface area contributed by atoms with Gasteiger partial charge in [0.2, 0.25) is 0 Å². The van der Waals surface area contributed by atoms with Gasteiger partial charge in [0, 0.05) is 0 Å². The van der Waals surface area contributed by atoms with Crippen molar-refractivity contribution in [2.75, 3.05) is 7.11 Å². The number of hydrogen-bond donors (Lipinski definition) is 1. The van der Waals surface area contributed by atoms with Gasteiger partial charge in [0.05, 0.1) is 24.8 Å². The Morgan fingerprint density at radius 2 is 1.73 bits per heavy atom. The van der Waals surface area contributed by atoms with Gasteiger partial charge >= 0.3 is 11.9 Å². The second-order valence-corrected chi connectivity index (χ2v) is 7.91. The zero-order valence-corrected chi connectivity index (χ0v) is 15.8. The van der Waals surface area contributed by atoms with Crippen molar-refractivity contribution in [2.45, 2.75) is 62.7 Å². The molecule has 0 heterocycles. The van der Waals surface area contributed by atoms with Gasteiger partial charge in [0.1, 0.15) is 5.75 Å². The van der Waals surface area contributed by atoms with Crippen molar-refractivity contribution in [2.24, 2.45) is 0 Å². The van der Waals surface area contributed by atoms with Crippen molar-refractivity contribution < 1.29 is 32.0 Å². The summed E-state index contributed by atoms with van der Waals surface area (Å²) >= 11 is 0. The zero-order chi connectivity index (χ0) is 19.3. The molecule has 1 aromatic carbocycles. The van der Waals surface area contributed by atoms with Crippen molar-refractivity contribution in [3.63, 3.8) is 0 Å². The lowest BCUT2D eigenvalue weighted by atomic mass is 9.83. The molecule has 0 bridgehead atoms. The van der Waals surface area contributed by atoms with E-state index in [1.54, 1.807) is 6.92 Å². The maximum Gasteiger partial charge on any atom is 0.311 e. The molecule has 1 saturated carbocycles. The van der Waals surface area contributed by atoms with Crippen LogP contribution in [0.25, 0.3) is 0 Å². The first-order valence-electron chi connectivity index (χ1n) is 8.62. The van der Waals surface area contributed by atoms with Gasteiger partial charge in [-0.3, -0.25) is 14.1 Å². The summed E-state index contributed by atoms with van der Waals surface area (Å²) in [6.07, 6.45) is 4.48. The van der Waals surface area contributed by atoms with E-state index in [2.05, 4.69) is 4.74 Å². The van der Waals surface area contributed by atoms with Gasteiger partial charge in [-0.15, -0.1) is 0 Å². The van der Waals surface area contributed by atoms with E-state index in [0.29, 0.717) is 11.1 Å². The third kappa shape index (κ3) is 5.28. The molecule has 0 amide bonds. The minimum Gasteiger partial charge on any atom is -0.469 e. The fourth-order valence-electron chi connectivity index (χ4n) is 3.22. The molecule has 2 rings (SSSR count). The molecule has 8 heteroatoms. The van der Waals surface area contributed by atoms with Crippen LogP contribution in [0.5, 0.6) is 5.75 Å². The number of hydrogen-bond acceptors (Lipinski definition) is 6. The molecule has 0 aromatic heterocycles. The summed E-state index contributed by atoms with van der Waals surface area (Å²) < 4.78 is 43.0. The maximum atomic E-state index is 12.0. The summed E-state index contributed by atoms with van der Waals surface area (Å²) in [6.45, 7) is 1.60. The molecule has 0 radical (unpaired) electrons. The first-order chi connectivity index (χ1) is 12.2. The molecule has 0 aliphatic heterocycles. The van der Waals surface area contributed by atoms with Gasteiger partial charge in [-0.25, -0.2) is 0 Å². The second-order valence-electron chi connectivity index (χ2n) is 6.52. The molecule has 26 heavy (non-hydrogen) atoms. The molecule has 7 nitrogen and oxygen atoms in total. The van der Waals surface area contributed by atoms with E-state index in [-0.39, 0.29) is 29.4 Å². The number of carbonyl (C=O) groups excluding carboxylic acids is 2. The fraction of sp³-hybridized carbons (Fsp3) is 0.556. The van der Waals surface area contributed by atoms with E-state index in [9.17, 15) is 22.6 Å². The number of ether oxygens (including phenoxy) is 2. The monoisotopic (exact) mass is 384 g/mol. The van der Waals surface area contributed by atoms with Crippen LogP contribution in [-0.2, 0) is 24.4 Å². The van der Waals surface area contributed by atoms with E-state index in [1.807, 2.05) is 0 Å². The van der Waals surface area contributed by atoms with Crippen LogP contribution in [0.4, 0.5) is 0 Å². The Morgan fingerprint density at radius 3 is 2.31 bits per heavy atom. The third-order valence-corrected chi connectivity index (χ3v) is 5.52. The van der Waals surface area contributed by atoms with Gasteiger partial charge in [0.25, 0.3) is 10.1 Å². The van der Waals surface area contributed by atoms with Crippen molar-refractivity contribution >= 4 is 22.1 Å². The van der Waals surface area contributed by atoms with Crippen LogP contribution < -0.4 is 4.74 Å². The Morgan fingerprint density at radius 1 is 1.12 bits per heavy atom. The number of rotatable bonds is 6. The summed E-state index contributed by atoms with van der Waals surface area (Å²) in [6, 6.07) is 2.87. The quantitative estimate of drug-likeness (QED) is 0.456. The van der Waals surface area contributed by atoms with E-state index in [4.69, 9.17) is 4.74 Å². The Kier molecular flexibility index (Phi) is 6.77. The van der Waals surface area contributed by atoms with Gasteiger partial charge in [-0.05, 0) is 48.9 Å². The smallest absolute Gasteiger partial charge is 0.311 e. The van der Waals surface area contributed by atoms with E-state index in [1.165, 1.54) is 19.2 Å². The minimum atomic E-state index is -4.38. The molecule has 1 aliphatic rings. The SMILES string of the molecule is COC(=O)CCC(=O)Oc1cc(C2CCCCC2)c(S(=O)(=O)O)cc1C. The highest BCUT2D eigenvalue weighted by Gasteiger charge is 2.26. The highest BCUT2D eigenvalue weighted by molar-refractivity contribution is 7.85. The summed E-state index contributed by atoms with van der Waals surface area (Å²) in [5, 5.41) is 0. The summed E-state index contributed by atoms with van der Waals surface area (Å²) in [5.41, 5.74) is 0.900. The molecule has 0 unspecified atom stereocenters. The number of carbonyl (C=O) groups is 2. The number of aryl methyl sites for hydroxylation is 1. The first-order valence-corrected chi connectivity index (χ1v) is 10.1. The Bertz CT molecular complexity index is 777. The lowest BCUT2D eigenvalue weighted by Gasteiger charge is -2.24. The molecule has 0 saturated heterocycles. The van der Waals surface area contributed by atoms with Gasteiger partial charge in [-0.2, -0.15) is 8.42 Å². The second kappa shape index (κ2) is 8.64. The zero-order valence-electron chi connectivity index (χ0n) is 15.0. The predicted molar refractivity (Wildman–Crippen MR) is 93.7 cm³/mol. The van der Waals surface area contributed by atoms with E-state index >= 15 is 0 Å². The van der Waals surface area contributed by atoms with Crippen molar-refractivity contribution in [3.05, 3.63) is 23.3 Å². The van der Waals surface area contributed by atoms with Crippen LogP contribution in [0.2, 0.25) is 0 Å². The topological polar surface area (TPSA) is 107 Å². The lowest BCUT2D eigenvalue weighted by molar-refractivity contribution is -0.144. The normalized spacial score (nSPS) is 15.5. The Balaban J connectivity index is 2.29. The number of benzene rings is 1.